The van der Waals surface area contributed by atoms with Crippen LogP contribution in [0.5, 0.6) is 0 Å². The molecule has 0 bridgehead atoms. The standard InChI is InChI=1S/C21H18F2N2O4/c1-20(11-21(22,23)18-24-14-6-4-5-7-16(14)29-18)13-10-12(17(26)28-3)8-9-15(13)25(2)19(20)27/h4-10H,11H2,1-3H3. The van der Waals surface area contributed by atoms with Crippen LogP contribution in [0.25, 0.3) is 11.1 Å². The number of carbonyl (C=O) groups excluding carboxylic acids is 2. The van der Waals surface area contributed by atoms with Crippen LogP contribution in [0.15, 0.2) is 46.9 Å². The van der Waals surface area contributed by atoms with Gasteiger partial charge in [-0.3, -0.25) is 4.79 Å². The second-order valence-corrected chi connectivity index (χ2v) is 7.29. The number of halogens is 2. The average Bonchev–Trinajstić information content (AvgIpc) is 3.22. The van der Waals surface area contributed by atoms with E-state index in [2.05, 4.69) is 4.98 Å². The average molecular weight is 400 g/mol. The minimum Gasteiger partial charge on any atom is -0.465 e. The van der Waals surface area contributed by atoms with Gasteiger partial charge in [-0.05, 0) is 42.8 Å². The molecular formula is C21H18F2N2O4. The molecule has 0 saturated heterocycles. The number of likely N-dealkylation sites (N-methyl/N-ethyl adjacent to an activating group) is 1. The van der Waals surface area contributed by atoms with Crippen LogP contribution >= 0.6 is 0 Å². The summed E-state index contributed by atoms with van der Waals surface area (Å²) in [5, 5.41) is 0. The molecule has 2 heterocycles. The number of esters is 1. The van der Waals surface area contributed by atoms with Crippen LogP contribution in [0.3, 0.4) is 0 Å². The third-order valence-electron chi connectivity index (χ3n) is 5.33. The lowest BCUT2D eigenvalue weighted by atomic mass is 9.78. The number of aromatic nitrogens is 1. The SMILES string of the molecule is COC(=O)c1ccc2c(c1)C(C)(CC(F)(F)c1nc3ccccc3o1)C(=O)N2C. The molecule has 8 heteroatoms. The van der Waals surface area contributed by atoms with E-state index in [0.29, 0.717) is 16.8 Å². The maximum absolute atomic E-state index is 15.2. The summed E-state index contributed by atoms with van der Waals surface area (Å²) in [4.78, 5) is 30.1. The lowest BCUT2D eigenvalue weighted by molar-refractivity contribution is -0.128. The third-order valence-corrected chi connectivity index (χ3v) is 5.33. The van der Waals surface area contributed by atoms with E-state index in [1.165, 1.54) is 38.1 Å². The van der Waals surface area contributed by atoms with E-state index in [1.54, 1.807) is 30.3 Å². The minimum atomic E-state index is -3.51. The van der Waals surface area contributed by atoms with Gasteiger partial charge in [-0.15, -0.1) is 0 Å². The van der Waals surface area contributed by atoms with E-state index in [1.807, 2.05) is 0 Å². The van der Waals surface area contributed by atoms with Crippen LogP contribution in [0.1, 0.15) is 35.2 Å². The molecular weight excluding hydrogens is 382 g/mol. The van der Waals surface area contributed by atoms with E-state index in [0.717, 1.165) is 0 Å². The minimum absolute atomic E-state index is 0.186. The van der Waals surface area contributed by atoms with Crippen molar-refractivity contribution >= 4 is 28.7 Å². The van der Waals surface area contributed by atoms with Crippen LogP contribution in [0, 0.1) is 0 Å². The Hall–Kier alpha value is -3.29. The van der Waals surface area contributed by atoms with Crippen molar-refractivity contribution in [3.8, 4) is 0 Å². The number of oxazole rings is 1. The third kappa shape index (κ3) is 2.86. The molecule has 0 spiro atoms. The van der Waals surface area contributed by atoms with Crippen LogP contribution in [-0.2, 0) is 20.9 Å². The molecule has 1 unspecified atom stereocenters. The summed E-state index contributed by atoms with van der Waals surface area (Å²) in [5.41, 5.74) is -0.0164. The van der Waals surface area contributed by atoms with Crippen molar-refractivity contribution in [1.29, 1.82) is 0 Å². The summed E-state index contributed by atoms with van der Waals surface area (Å²) in [5.74, 6) is -5.35. The van der Waals surface area contributed by atoms with Crippen molar-refractivity contribution in [2.45, 2.75) is 24.7 Å². The molecule has 1 atom stereocenters. The molecule has 2 aromatic carbocycles. The van der Waals surface area contributed by atoms with E-state index >= 15 is 8.78 Å². The lowest BCUT2D eigenvalue weighted by Crippen LogP contribution is -2.40. The maximum Gasteiger partial charge on any atom is 0.337 e. The van der Waals surface area contributed by atoms with E-state index in [4.69, 9.17) is 9.15 Å². The number of nitrogens with zero attached hydrogens (tertiary/aromatic N) is 2. The molecule has 1 amide bonds. The number of amides is 1. The summed E-state index contributed by atoms with van der Waals surface area (Å²) in [6, 6.07) is 11.0. The molecule has 3 aromatic rings. The number of ether oxygens (including phenoxy) is 1. The van der Waals surface area contributed by atoms with Crippen molar-refractivity contribution in [3.63, 3.8) is 0 Å². The highest BCUT2D eigenvalue weighted by atomic mass is 19.3. The monoisotopic (exact) mass is 400 g/mol. The van der Waals surface area contributed by atoms with Gasteiger partial charge in [-0.2, -0.15) is 8.78 Å². The number of methoxy groups -OCH3 is 1. The zero-order valence-corrected chi connectivity index (χ0v) is 16.0. The van der Waals surface area contributed by atoms with Gasteiger partial charge in [0.05, 0.1) is 18.1 Å². The van der Waals surface area contributed by atoms with Crippen LogP contribution in [0.4, 0.5) is 14.5 Å². The first-order valence-corrected chi connectivity index (χ1v) is 8.92. The van der Waals surface area contributed by atoms with Gasteiger partial charge in [0.25, 0.3) is 5.89 Å². The maximum atomic E-state index is 15.2. The lowest BCUT2D eigenvalue weighted by Gasteiger charge is -2.27. The van der Waals surface area contributed by atoms with E-state index < -0.39 is 35.5 Å². The predicted octanol–water partition coefficient (Wildman–Crippen LogP) is 4.03. The van der Waals surface area contributed by atoms with Crippen molar-refractivity contribution < 1.29 is 27.5 Å². The summed E-state index contributed by atoms with van der Waals surface area (Å²) >= 11 is 0. The van der Waals surface area contributed by atoms with Crippen molar-refractivity contribution in [3.05, 3.63) is 59.5 Å². The van der Waals surface area contributed by atoms with Gasteiger partial charge in [0.2, 0.25) is 5.91 Å². The van der Waals surface area contributed by atoms with E-state index in [9.17, 15) is 9.59 Å². The van der Waals surface area contributed by atoms with Gasteiger partial charge in [-0.1, -0.05) is 12.1 Å². The van der Waals surface area contributed by atoms with Gasteiger partial charge in [0.1, 0.15) is 5.52 Å². The number of alkyl halides is 2. The molecule has 6 nitrogen and oxygen atoms in total. The molecule has 0 radical (unpaired) electrons. The molecule has 1 aliphatic heterocycles. The smallest absolute Gasteiger partial charge is 0.337 e. The largest absolute Gasteiger partial charge is 0.465 e. The van der Waals surface area contributed by atoms with Crippen LogP contribution < -0.4 is 4.90 Å². The Morgan fingerprint density at radius 2 is 2.00 bits per heavy atom. The van der Waals surface area contributed by atoms with Crippen LogP contribution in [-0.4, -0.2) is 31.0 Å². The normalized spacial score (nSPS) is 18.9. The Kier molecular flexibility index (Phi) is 4.18. The van der Waals surface area contributed by atoms with Crippen LogP contribution in [0.2, 0.25) is 0 Å². The summed E-state index contributed by atoms with van der Waals surface area (Å²) in [7, 11) is 2.75. The molecule has 0 saturated carbocycles. The van der Waals surface area contributed by atoms with Gasteiger partial charge in [0, 0.05) is 19.2 Å². The Labute approximate surface area is 165 Å². The van der Waals surface area contributed by atoms with Gasteiger partial charge in [0.15, 0.2) is 5.58 Å². The quantitative estimate of drug-likeness (QED) is 0.619. The summed E-state index contributed by atoms with van der Waals surface area (Å²) in [6.07, 6.45) is -0.854. The Bertz CT molecular complexity index is 1110. The van der Waals surface area contributed by atoms with Crippen molar-refractivity contribution in [2.75, 3.05) is 19.1 Å². The fourth-order valence-electron chi connectivity index (χ4n) is 3.83. The first kappa shape index (κ1) is 19.0. The molecule has 0 aliphatic carbocycles. The van der Waals surface area contributed by atoms with Crippen molar-refractivity contribution in [1.82, 2.24) is 4.98 Å². The van der Waals surface area contributed by atoms with E-state index in [-0.39, 0.29) is 11.1 Å². The molecule has 29 heavy (non-hydrogen) atoms. The highest BCUT2D eigenvalue weighted by Gasteiger charge is 2.54. The second-order valence-electron chi connectivity index (χ2n) is 7.29. The highest BCUT2D eigenvalue weighted by molar-refractivity contribution is 6.08. The number of rotatable bonds is 4. The second kappa shape index (κ2) is 6.37. The zero-order valence-electron chi connectivity index (χ0n) is 16.0. The Balaban J connectivity index is 1.77. The fraction of sp³-hybridized carbons (Fsp3) is 0.286. The Morgan fingerprint density at radius 1 is 1.28 bits per heavy atom. The van der Waals surface area contributed by atoms with Gasteiger partial charge >= 0.3 is 11.9 Å². The topological polar surface area (TPSA) is 72.6 Å². The molecule has 0 N–H and O–H groups in total. The fourth-order valence-corrected chi connectivity index (χ4v) is 3.83. The Morgan fingerprint density at radius 3 is 2.69 bits per heavy atom. The number of carbonyl (C=O) groups is 2. The molecule has 0 fully saturated rings. The number of benzene rings is 2. The highest BCUT2D eigenvalue weighted by Crippen LogP contribution is 2.49. The summed E-state index contributed by atoms with van der Waals surface area (Å²) < 4.78 is 40.4. The molecule has 4 rings (SSSR count). The number of anilines is 1. The first-order valence-electron chi connectivity index (χ1n) is 8.92. The summed E-state index contributed by atoms with van der Waals surface area (Å²) in [6.45, 7) is 1.44. The van der Waals surface area contributed by atoms with Crippen molar-refractivity contribution in [2.24, 2.45) is 0 Å². The first-order chi connectivity index (χ1) is 13.7. The number of hydrogen-bond donors (Lipinski definition) is 0. The molecule has 150 valence electrons. The van der Waals surface area contributed by atoms with Gasteiger partial charge in [-0.25, -0.2) is 9.78 Å². The number of hydrogen-bond acceptors (Lipinski definition) is 5. The molecule has 1 aliphatic rings. The number of fused-ring (bicyclic) bond motifs is 2. The molecule has 1 aromatic heterocycles. The van der Waals surface area contributed by atoms with Gasteiger partial charge < -0.3 is 14.1 Å². The predicted molar refractivity (Wildman–Crippen MR) is 101 cm³/mol. The zero-order chi connectivity index (χ0) is 21.0. The number of para-hydroxylation sites is 2.